The van der Waals surface area contributed by atoms with Crippen molar-refractivity contribution in [3.05, 3.63) is 35.1 Å². The molecule has 1 aromatic rings. The van der Waals surface area contributed by atoms with Gasteiger partial charge in [-0.2, -0.15) is 0 Å². The van der Waals surface area contributed by atoms with E-state index < -0.39 is 53.3 Å². The minimum absolute atomic E-state index is 0.162. The fraction of sp³-hybridized carbons (Fsp3) is 0.308. The van der Waals surface area contributed by atoms with Crippen molar-refractivity contribution in [1.82, 2.24) is 10.2 Å². The first-order valence-electron chi connectivity index (χ1n) is 6.14. The Balaban J connectivity index is 2.43. The number of piperazine rings is 1. The Kier molecular flexibility index (Phi) is 3.97. The number of nitrogens with zero attached hydrogens (tertiary/aromatic N) is 1. The zero-order valence-corrected chi connectivity index (χ0v) is 11.0. The van der Waals surface area contributed by atoms with E-state index in [4.69, 9.17) is 0 Å². The summed E-state index contributed by atoms with van der Waals surface area (Å²) in [6, 6.07) is -0.286. The number of imide groups is 1. The number of halogens is 3. The molecule has 1 heterocycles. The van der Waals surface area contributed by atoms with Gasteiger partial charge in [0.2, 0.25) is 11.8 Å². The molecular formula is C13H11F3N2O3. The minimum Gasteiger partial charge on any atom is -0.317 e. The number of hydrogen-bond acceptors (Lipinski definition) is 3. The van der Waals surface area contributed by atoms with Crippen LogP contribution in [0.4, 0.5) is 13.2 Å². The number of carbonyl (C=O) groups excluding carboxylic acids is 3. The van der Waals surface area contributed by atoms with E-state index in [0.717, 1.165) is 4.90 Å². The van der Waals surface area contributed by atoms with Gasteiger partial charge in [0.15, 0.2) is 0 Å². The summed E-state index contributed by atoms with van der Waals surface area (Å²) in [6.07, 6.45) is 0.162. The van der Waals surface area contributed by atoms with Crippen LogP contribution in [0.3, 0.4) is 0 Å². The van der Waals surface area contributed by atoms with Gasteiger partial charge in [-0.05, 0) is 6.42 Å². The van der Waals surface area contributed by atoms with Crippen molar-refractivity contribution in [2.24, 2.45) is 0 Å². The molecule has 1 N–H and O–H groups in total. The molecule has 1 saturated heterocycles. The quantitative estimate of drug-likeness (QED) is 0.828. The molecule has 21 heavy (non-hydrogen) atoms. The maximum absolute atomic E-state index is 13.6. The van der Waals surface area contributed by atoms with Gasteiger partial charge < -0.3 is 4.90 Å². The van der Waals surface area contributed by atoms with Crippen molar-refractivity contribution in [3.8, 4) is 0 Å². The molecule has 1 aliphatic rings. The Bertz CT molecular complexity index is 610. The van der Waals surface area contributed by atoms with Crippen molar-refractivity contribution in [3.63, 3.8) is 0 Å². The zero-order chi connectivity index (χ0) is 15.7. The molecule has 0 saturated carbocycles. The Labute approximate surface area is 117 Å². The third-order valence-electron chi connectivity index (χ3n) is 3.12. The van der Waals surface area contributed by atoms with E-state index in [1.165, 1.54) is 0 Å². The number of nitrogens with one attached hydrogen (secondary N) is 1. The topological polar surface area (TPSA) is 66.5 Å². The Morgan fingerprint density at radius 2 is 1.86 bits per heavy atom. The molecule has 0 radical (unpaired) electrons. The smallest absolute Gasteiger partial charge is 0.260 e. The number of hydrogen-bond donors (Lipinski definition) is 1. The van der Waals surface area contributed by atoms with Crippen LogP contribution in [0.25, 0.3) is 0 Å². The van der Waals surface area contributed by atoms with Gasteiger partial charge >= 0.3 is 0 Å². The SMILES string of the molecule is CCC1C(=O)NC(=O)CN1C(=O)c1c(F)cc(F)cc1F. The van der Waals surface area contributed by atoms with Gasteiger partial charge in [0.1, 0.15) is 35.6 Å². The predicted molar refractivity (Wildman–Crippen MR) is 64.6 cm³/mol. The van der Waals surface area contributed by atoms with Crippen LogP contribution in [-0.4, -0.2) is 35.2 Å². The third-order valence-corrected chi connectivity index (χ3v) is 3.12. The first-order valence-corrected chi connectivity index (χ1v) is 6.14. The molecule has 0 spiro atoms. The lowest BCUT2D eigenvalue weighted by molar-refractivity contribution is -0.138. The molecule has 1 atom stereocenters. The average molecular weight is 300 g/mol. The fourth-order valence-electron chi connectivity index (χ4n) is 2.18. The Morgan fingerprint density at radius 3 is 2.38 bits per heavy atom. The van der Waals surface area contributed by atoms with Crippen LogP contribution in [0.2, 0.25) is 0 Å². The maximum atomic E-state index is 13.6. The van der Waals surface area contributed by atoms with Crippen molar-refractivity contribution in [2.75, 3.05) is 6.54 Å². The maximum Gasteiger partial charge on any atom is 0.260 e. The molecule has 8 heteroatoms. The van der Waals surface area contributed by atoms with Crippen LogP contribution < -0.4 is 5.32 Å². The first-order chi connectivity index (χ1) is 9.85. The van der Waals surface area contributed by atoms with E-state index in [1.54, 1.807) is 6.92 Å². The van der Waals surface area contributed by atoms with E-state index >= 15 is 0 Å². The van der Waals surface area contributed by atoms with E-state index in [2.05, 4.69) is 0 Å². The lowest BCUT2D eigenvalue weighted by atomic mass is 10.1. The summed E-state index contributed by atoms with van der Waals surface area (Å²) < 4.78 is 40.1. The molecular weight excluding hydrogens is 289 g/mol. The number of amides is 3. The van der Waals surface area contributed by atoms with Crippen molar-refractivity contribution >= 4 is 17.7 Å². The van der Waals surface area contributed by atoms with Crippen molar-refractivity contribution in [2.45, 2.75) is 19.4 Å². The summed E-state index contributed by atoms with van der Waals surface area (Å²) in [5, 5.41) is 2.04. The van der Waals surface area contributed by atoms with Crippen molar-refractivity contribution in [1.29, 1.82) is 0 Å². The van der Waals surface area contributed by atoms with Gasteiger partial charge in [-0.25, -0.2) is 13.2 Å². The second-order valence-corrected chi connectivity index (χ2v) is 4.51. The standard InChI is InChI=1S/C13H11F3N2O3/c1-2-9-12(20)17-10(19)5-18(9)13(21)11-7(15)3-6(14)4-8(11)16/h3-4,9H,2,5H2,1H3,(H,17,19,20). The van der Waals surface area contributed by atoms with E-state index in [-0.39, 0.29) is 6.42 Å². The average Bonchev–Trinajstić information content (AvgIpc) is 2.36. The highest BCUT2D eigenvalue weighted by atomic mass is 19.1. The summed E-state index contributed by atoms with van der Waals surface area (Å²) in [5.74, 6) is -6.57. The number of carbonyl (C=O) groups is 3. The molecule has 1 fully saturated rings. The van der Waals surface area contributed by atoms with Gasteiger partial charge in [0.25, 0.3) is 5.91 Å². The number of rotatable bonds is 2. The van der Waals surface area contributed by atoms with Gasteiger partial charge in [-0.1, -0.05) is 6.92 Å². The highest BCUT2D eigenvalue weighted by molar-refractivity contribution is 6.07. The van der Waals surface area contributed by atoms with Gasteiger partial charge in [0, 0.05) is 12.1 Å². The van der Waals surface area contributed by atoms with Gasteiger partial charge in [-0.15, -0.1) is 0 Å². The summed E-state index contributed by atoms with van der Waals surface area (Å²) in [5.41, 5.74) is -0.989. The van der Waals surface area contributed by atoms with Crippen LogP contribution >= 0.6 is 0 Å². The van der Waals surface area contributed by atoms with Crippen LogP contribution in [0, 0.1) is 17.5 Å². The summed E-state index contributed by atoms with van der Waals surface area (Å²) in [7, 11) is 0. The molecule has 1 aliphatic heterocycles. The highest BCUT2D eigenvalue weighted by Crippen LogP contribution is 2.20. The molecule has 0 aliphatic carbocycles. The largest absolute Gasteiger partial charge is 0.317 e. The number of benzene rings is 1. The first kappa shape index (κ1) is 15.0. The lowest BCUT2D eigenvalue weighted by Crippen LogP contribution is -2.59. The monoisotopic (exact) mass is 300 g/mol. The fourth-order valence-corrected chi connectivity index (χ4v) is 2.18. The third kappa shape index (κ3) is 2.74. The van der Waals surface area contributed by atoms with Crippen LogP contribution in [0.15, 0.2) is 12.1 Å². The molecule has 112 valence electrons. The molecule has 1 unspecified atom stereocenters. The summed E-state index contributed by atoms with van der Waals surface area (Å²) in [4.78, 5) is 35.9. The molecule has 1 aromatic carbocycles. The predicted octanol–water partition coefficient (Wildman–Crippen LogP) is 0.981. The van der Waals surface area contributed by atoms with Crippen LogP contribution in [0.1, 0.15) is 23.7 Å². The zero-order valence-electron chi connectivity index (χ0n) is 11.0. The molecule has 2 rings (SSSR count). The highest BCUT2D eigenvalue weighted by Gasteiger charge is 2.37. The summed E-state index contributed by atoms with van der Waals surface area (Å²) >= 11 is 0. The Hall–Kier alpha value is -2.38. The van der Waals surface area contributed by atoms with E-state index in [0.29, 0.717) is 12.1 Å². The normalized spacial score (nSPS) is 18.7. The molecule has 3 amide bonds. The van der Waals surface area contributed by atoms with Crippen LogP contribution in [-0.2, 0) is 9.59 Å². The van der Waals surface area contributed by atoms with Gasteiger partial charge in [-0.3, -0.25) is 19.7 Å². The second kappa shape index (κ2) is 5.55. The van der Waals surface area contributed by atoms with Gasteiger partial charge in [0.05, 0.1) is 0 Å². The van der Waals surface area contributed by atoms with Crippen LogP contribution in [0.5, 0.6) is 0 Å². The molecule has 5 nitrogen and oxygen atoms in total. The van der Waals surface area contributed by atoms with E-state index in [1.807, 2.05) is 5.32 Å². The molecule has 0 aromatic heterocycles. The summed E-state index contributed by atoms with van der Waals surface area (Å²) in [6.45, 7) is 1.08. The lowest BCUT2D eigenvalue weighted by Gasteiger charge is -2.33. The minimum atomic E-state index is -1.38. The van der Waals surface area contributed by atoms with E-state index in [9.17, 15) is 27.6 Å². The molecule has 0 bridgehead atoms. The Morgan fingerprint density at radius 1 is 1.29 bits per heavy atom. The second-order valence-electron chi connectivity index (χ2n) is 4.51. The van der Waals surface area contributed by atoms with Crippen molar-refractivity contribution < 1.29 is 27.6 Å².